The van der Waals surface area contributed by atoms with Crippen molar-refractivity contribution in [3.63, 3.8) is 0 Å². The molecule has 2 atom stereocenters. The fraction of sp³-hybridized carbons (Fsp3) is 0.200. The smallest absolute Gasteiger partial charge is 0.382 e. The third kappa shape index (κ3) is 6.79. The van der Waals surface area contributed by atoms with Crippen LogP contribution in [-0.2, 0) is 13.1 Å². The predicted octanol–water partition coefficient (Wildman–Crippen LogP) is 6.42. The molecule has 162 valence electrons. The molecule has 31 heavy (non-hydrogen) atoms. The summed E-state index contributed by atoms with van der Waals surface area (Å²) in [6.07, 6.45) is -5.87. The molecule has 0 radical (unpaired) electrons. The van der Waals surface area contributed by atoms with Gasteiger partial charge in [-0.25, -0.2) is 0 Å². The molecule has 0 fully saturated rings. The zero-order valence-electron chi connectivity index (χ0n) is 16.7. The van der Waals surface area contributed by atoms with Crippen LogP contribution < -0.4 is 0 Å². The van der Waals surface area contributed by atoms with E-state index in [1.54, 1.807) is 17.0 Å². The number of benzene rings is 3. The Balaban J connectivity index is 2.02. The van der Waals surface area contributed by atoms with Crippen LogP contribution in [0.2, 0.25) is 0 Å². The lowest BCUT2D eigenvalue weighted by Gasteiger charge is -2.34. The van der Waals surface area contributed by atoms with Crippen molar-refractivity contribution in [1.29, 1.82) is 0 Å². The number of aliphatic hydroxyl groups excluding tert-OH is 1. The van der Waals surface area contributed by atoms with E-state index in [4.69, 9.17) is 0 Å². The van der Waals surface area contributed by atoms with E-state index in [0.717, 1.165) is 16.7 Å². The molecule has 3 aromatic rings. The Kier molecular flexibility index (Phi) is 8.07. The minimum atomic E-state index is -4.77. The molecule has 0 aliphatic carbocycles. The number of nitrogens with zero attached hydrogens (tertiary/aromatic N) is 1. The van der Waals surface area contributed by atoms with E-state index >= 15 is 0 Å². The number of hydrogen-bond acceptors (Lipinski definition) is 2. The maximum absolute atomic E-state index is 13.7. The highest BCUT2D eigenvalue weighted by Crippen LogP contribution is 2.31. The third-order valence-electron chi connectivity index (χ3n) is 4.90. The van der Waals surface area contributed by atoms with Crippen LogP contribution in [0.3, 0.4) is 0 Å². The van der Waals surface area contributed by atoms with Crippen LogP contribution >= 0.6 is 15.9 Å². The van der Waals surface area contributed by atoms with Gasteiger partial charge in [-0.15, -0.1) is 0 Å². The highest BCUT2D eigenvalue weighted by molar-refractivity contribution is 9.15. The van der Waals surface area contributed by atoms with Gasteiger partial charge < -0.3 is 5.11 Å². The molecule has 0 heterocycles. The quantitative estimate of drug-likeness (QED) is 0.394. The summed E-state index contributed by atoms with van der Waals surface area (Å²) in [6, 6.07) is 26.3. The summed E-state index contributed by atoms with van der Waals surface area (Å²) in [5.41, 5.74) is 2.46. The van der Waals surface area contributed by atoms with Gasteiger partial charge in [0.15, 0.2) is 6.10 Å². The normalized spacial score (nSPS) is 14.5. The van der Waals surface area contributed by atoms with Gasteiger partial charge in [0.25, 0.3) is 0 Å². The van der Waals surface area contributed by atoms with Crippen molar-refractivity contribution >= 4 is 20.4 Å². The molecule has 2 nitrogen and oxygen atoms in total. The fourth-order valence-corrected chi connectivity index (χ4v) is 3.87. The Bertz CT molecular complexity index is 921. The second kappa shape index (κ2) is 10.8. The first kappa shape index (κ1) is 23.3. The number of alkyl halides is 3. The molecule has 3 rings (SSSR count). The summed E-state index contributed by atoms with van der Waals surface area (Å²) < 4.78 is 41.5. The fourth-order valence-electron chi connectivity index (χ4n) is 3.34. The SMILES string of the molecule is O[C@H]([C@@H](/C=C(\Br)c1ccccc1)N(Cc1ccccc1)Cc1ccccc1)C(F)(F)F. The van der Waals surface area contributed by atoms with E-state index in [-0.39, 0.29) is 13.1 Å². The van der Waals surface area contributed by atoms with Gasteiger partial charge in [-0.1, -0.05) is 107 Å². The van der Waals surface area contributed by atoms with Gasteiger partial charge in [0.2, 0.25) is 0 Å². The van der Waals surface area contributed by atoms with Crippen molar-refractivity contribution in [2.24, 2.45) is 0 Å². The second-order valence-electron chi connectivity index (χ2n) is 7.23. The molecule has 0 aliphatic rings. The molecule has 0 unspecified atom stereocenters. The standard InChI is InChI=1S/C25H23BrF3NO/c26-22(21-14-8-3-9-15-21)16-23(24(31)25(27,28)29)30(17-19-10-4-1-5-11-19)18-20-12-6-2-7-13-20/h1-16,23-24,31H,17-18H2/b22-16-/t23-,24-/m1/s1. The number of halogens is 4. The summed E-state index contributed by atoms with van der Waals surface area (Å²) in [5.74, 6) is 0. The van der Waals surface area contributed by atoms with E-state index in [9.17, 15) is 18.3 Å². The lowest BCUT2D eigenvalue weighted by Crippen LogP contribution is -2.48. The highest BCUT2D eigenvalue weighted by atomic mass is 79.9. The van der Waals surface area contributed by atoms with Crippen LogP contribution in [0.1, 0.15) is 16.7 Å². The van der Waals surface area contributed by atoms with Crippen LogP contribution in [0.4, 0.5) is 13.2 Å². The minimum Gasteiger partial charge on any atom is -0.382 e. The Morgan fingerprint density at radius 3 is 1.65 bits per heavy atom. The summed E-state index contributed by atoms with van der Waals surface area (Å²) in [6.45, 7) is 0.498. The molecule has 6 heteroatoms. The van der Waals surface area contributed by atoms with Gasteiger partial charge in [-0.2, -0.15) is 13.2 Å². The van der Waals surface area contributed by atoms with Crippen molar-refractivity contribution in [1.82, 2.24) is 4.90 Å². The molecule has 0 saturated carbocycles. The molecular formula is C25H23BrF3NO. The minimum absolute atomic E-state index is 0.249. The van der Waals surface area contributed by atoms with E-state index < -0.39 is 18.3 Å². The lowest BCUT2D eigenvalue weighted by atomic mass is 10.0. The van der Waals surface area contributed by atoms with Crippen molar-refractivity contribution in [3.05, 3.63) is 114 Å². The molecular weight excluding hydrogens is 467 g/mol. The average molecular weight is 490 g/mol. The van der Waals surface area contributed by atoms with Gasteiger partial charge in [0, 0.05) is 17.6 Å². The Hall–Kier alpha value is -2.41. The maximum Gasteiger partial charge on any atom is 0.416 e. The van der Waals surface area contributed by atoms with Gasteiger partial charge in [-0.3, -0.25) is 4.90 Å². The summed E-state index contributed by atoms with van der Waals surface area (Å²) >= 11 is 3.42. The largest absolute Gasteiger partial charge is 0.416 e. The van der Waals surface area contributed by atoms with Crippen LogP contribution in [0.25, 0.3) is 4.48 Å². The van der Waals surface area contributed by atoms with Crippen molar-refractivity contribution in [2.45, 2.75) is 31.4 Å². The van der Waals surface area contributed by atoms with Gasteiger partial charge in [-0.05, 0) is 22.8 Å². The van der Waals surface area contributed by atoms with Crippen molar-refractivity contribution in [2.75, 3.05) is 0 Å². The molecule has 0 amide bonds. The third-order valence-corrected chi connectivity index (χ3v) is 5.63. The van der Waals surface area contributed by atoms with Gasteiger partial charge >= 0.3 is 6.18 Å². The molecule has 3 aromatic carbocycles. The number of aliphatic hydroxyl groups is 1. The lowest BCUT2D eigenvalue weighted by molar-refractivity contribution is -0.217. The Morgan fingerprint density at radius 1 is 0.806 bits per heavy atom. The summed E-state index contributed by atoms with van der Waals surface area (Å²) in [4.78, 5) is 1.65. The molecule has 0 spiro atoms. The first-order chi connectivity index (χ1) is 14.8. The molecule has 0 aromatic heterocycles. The van der Waals surface area contributed by atoms with Crippen molar-refractivity contribution in [3.8, 4) is 0 Å². The number of hydrogen-bond donors (Lipinski definition) is 1. The van der Waals surface area contributed by atoms with Crippen molar-refractivity contribution < 1.29 is 18.3 Å². The van der Waals surface area contributed by atoms with E-state index in [1.807, 2.05) is 78.9 Å². The zero-order valence-corrected chi connectivity index (χ0v) is 18.3. The predicted molar refractivity (Wildman–Crippen MR) is 121 cm³/mol. The van der Waals surface area contributed by atoms with Gasteiger partial charge in [0.05, 0.1) is 6.04 Å². The monoisotopic (exact) mass is 489 g/mol. The van der Waals surface area contributed by atoms with E-state index in [0.29, 0.717) is 4.48 Å². The van der Waals surface area contributed by atoms with Crippen LogP contribution in [-0.4, -0.2) is 28.3 Å². The average Bonchev–Trinajstić information content (AvgIpc) is 2.78. The summed E-state index contributed by atoms with van der Waals surface area (Å²) in [5, 5.41) is 10.3. The van der Waals surface area contributed by atoms with Crippen LogP contribution in [0.15, 0.2) is 97.1 Å². The molecule has 0 bridgehead atoms. The topological polar surface area (TPSA) is 23.5 Å². The van der Waals surface area contributed by atoms with E-state index in [1.165, 1.54) is 6.08 Å². The van der Waals surface area contributed by atoms with Gasteiger partial charge in [0.1, 0.15) is 0 Å². The van der Waals surface area contributed by atoms with Crippen LogP contribution in [0, 0.1) is 0 Å². The molecule has 0 aliphatic heterocycles. The first-order valence-corrected chi connectivity index (χ1v) is 10.6. The Labute approximate surface area is 188 Å². The van der Waals surface area contributed by atoms with E-state index in [2.05, 4.69) is 15.9 Å². The molecule has 0 saturated heterocycles. The van der Waals surface area contributed by atoms with Crippen LogP contribution in [0.5, 0.6) is 0 Å². The molecule has 1 N–H and O–H groups in total. The number of rotatable bonds is 8. The maximum atomic E-state index is 13.7. The second-order valence-corrected chi connectivity index (χ2v) is 8.09. The zero-order chi connectivity index (χ0) is 22.3. The first-order valence-electron chi connectivity index (χ1n) is 9.84. The highest BCUT2D eigenvalue weighted by Gasteiger charge is 2.45. The Morgan fingerprint density at radius 2 is 1.23 bits per heavy atom. The summed E-state index contributed by atoms with van der Waals surface area (Å²) in [7, 11) is 0.